The van der Waals surface area contributed by atoms with Gasteiger partial charge in [-0.3, -0.25) is 4.79 Å². The zero-order chi connectivity index (χ0) is 14.7. The number of nitrogens with zero attached hydrogens (tertiary/aromatic N) is 1. The van der Waals surface area contributed by atoms with Crippen LogP contribution >= 0.6 is 31.9 Å². The first-order chi connectivity index (χ1) is 9.47. The smallest absolute Gasteiger partial charge is 0.255 e. The average Bonchev–Trinajstić information content (AvgIpc) is 2.43. The van der Waals surface area contributed by atoms with E-state index >= 15 is 0 Å². The monoisotopic (exact) mass is 397 g/mol. The van der Waals surface area contributed by atoms with Crippen LogP contribution < -0.4 is 0 Å². The van der Waals surface area contributed by atoms with Crippen LogP contribution in [0.1, 0.15) is 15.9 Å². The van der Waals surface area contributed by atoms with Crippen LogP contribution in [0.3, 0.4) is 0 Å². The van der Waals surface area contributed by atoms with Crippen LogP contribution in [0, 0.1) is 0 Å². The third kappa shape index (κ3) is 3.61. The Bertz CT molecular complexity index is 626. The van der Waals surface area contributed by atoms with Gasteiger partial charge in [-0.1, -0.05) is 28.1 Å². The molecule has 5 heteroatoms. The number of aromatic hydroxyl groups is 1. The van der Waals surface area contributed by atoms with E-state index in [-0.39, 0.29) is 11.7 Å². The summed E-state index contributed by atoms with van der Waals surface area (Å²) in [6.07, 6.45) is 0. The number of hydrogen-bond donors (Lipinski definition) is 1. The van der Waals surface area contributed by atoms with Gasteiger partial charge in [-0.2, -0.15) is 0 Å². The van der Waals surface area contributed by atoms with Gasteiger partial charge >= 0.3 is 0 Å². The molecule has 0 aliphatic heterocycles. The lowest BCUT2D eigenvalue weighted by Crippen LogP contribution is -2.26. The van der Waals surface area contributed by atoms with E-state index < -0.39 is 0 Å². The molecule has 0 saturated carbocycles. The minimum absolute atomic E-state index is 0.0637. The molecule has 1 amide bonds. The molecule has 0 aromatic heterocycles. The van der Waals surface area contributed by atoms with Crippen molar-refractivity contribution in [3.05, 3.63) is 62.5 Å². The van der Waals surface area contributed by atoms with E-state index in [0.29, 0.717) is 12.1 Å². The fourth-order valence-electron chi connectivity index (χ4n) is 1.81. The molecule has 0 unspecified atom stereocenters. The molecule has 0 bridgehead atoms. The standard InChI is InChI=1S/C15H13Br2NO2/c1-18(9-10-2-5-12(19)6-3-10)15(20)13-8-11(16)4-7-14(13)17/h2-8,19H,9H2,1H3. The molecule has 0 aliphatic rings. The predicted octanol–water partition coefficient (Wildman–Crippen LogP) is 4.19. The van der Waals surface area contributed by atoms with Gasteiger partial charge in [0.2, 0.25) is 0 Å². The van der Waals surface area contributed by atoms with Gasteiger partial charge in [0.05, 0.1) is 5.56 Å². The Balaban J connectivity index is 2.16. The second-order valence-corrected chi connectivity index (χ2v) is 6.22. The molecule has 0 radical (unpaired) electrons. The number of halogens is 2. The summed E-state index contributed by atoms with van der Waals surface area (Å²) in [4.78, 5) is 14.1. The average molecular weight is 399 g/mol. The van der Waals surface area contributed by atoms with Crippen molar-refractivity contribution >= 4 is 37.8 Å². The van der Waals surface area contributed by atoms with Crippen LogP contribution in [0.25, 0.3) is 0 Å². The number of phenolic OH excluding ortho intramolecular Hbond substituents is 1. The molecule has 2 aromatic carbocycles. The fraction of sp³-hybridized carbons (Fsp3) is 0.133. The first-order valence-corrected chi connectivity index (χ1v) is 7.54. The van der Waals surface area contributed by atoms with E-state index in [1.165, 1.54) is 0 Å². The van der Waals surface area contributed by atoms with E-state index in [9.17, 15) is 9.90 Å². The number of amides is 1. The molecule has 3 nitrogen and oxygen atoms in total. The van der Waals surface area contributed by atoms with Crippen molar-refractivity contribution in [2.75, 3.05) is 7.05 Å². The lowest BCUT2D eigenvalue weighted by atomic mass is 10.1. The molecule has 0 heterocycles. The lowest BCUT2D eigenvalue weighted by molar-refractivity contribution is 0.0784. The van der Waals surface area contributed by atoms with E-state index in [0.717, 1.165) is 14.5 Å². The van der Waals surface area contributed by atoms with E-state index in [1.807, 2.05) is 12.1 Å². The molecule has 0 fully saturated rings. The highest BCUT2D eigenvalue weighted by Crippen LogP contribution is 2.23. The summed E-state index contributed by atoms with van der Waals surface area (Å²) in [6.45, 7) is 0.484. The Morgan fingerprint density at radius 3 is 2.45 bits per heavy atom. The zero-order valence-electron chi connectivity index (χ0n) is 10.8. The molecule has 0 atom stereocenters. The SMILES string of the molecule is CN(Cc1ccc(O)cc1)C(=O)c1cc(Br)ccc1Br. The van der Waals surface area contributed by atoms with E-state index in [4.69, 9.17) is 0 Å². The zero-order valence-corrected chi connectivity index (χ0v) is 14.0. The quantitative estimate of drug-likeness (QED) is 0.841. The van der Waals surface area contributed by atoms with Crippen molar-refractivity contribution in [2.45, 2.75) is 6.54 Å². The summed E-state index contributed by atoms with van der Waals surface area (Å²) in [7, 11) is 1.75. The first kappa shape index (κ1) is 15.1. The van der Waals surface area contributed by atoms with Gasteiger partial charge in [0.1, 0.15) is 5.75 Å². The van der Waals surface area contributed by atoms with E-state index in [2.05, 4.69) is 31.9 Å². The van der Waals surface area contributed by atoms with E-state index in [1.54, 1.807) is 42.3 Å². The largest absolute Gasteiger partial charge is 0.508 e. The third-order valence-corrected chi connectivity index (χ3v) is 4.05. The number of carbonyl (C=O) groups excluding carboxylic acids is 1. The topological polar surface area (TPSA) is 40.5 Å². The summed E-state index contributed by atoms with van der Waals surface area (Å²) in [5.41, 5.74) is 1.57. The number of carbonyl (C=O) groups is 1. The van der Waals surface area contributed by atoms with Crippen molar-refractivity contribution in [3.63, 3.8) is 0 Å². The molecular formula is C15H13Br2NO2. The summed E-state index contributed by atoms with van der Waals surface area (Å²) >= 11 is 6.76. The maximum atomic E-state index is 12.4. The van der Waals surface area contributed by atoms with Gasteiger partial charge in [0.25, 0.3) is 5.91 Å². The van der Waals surface area contributed by atoms with Crippen LogP contribution in [-0.2, 0) is 6.54 Å². The first-order valence-electron chi connectivity index (χ1n) is 5.96. The maximum Gasteiger partial charge on any atom is 0.255 e. The Labute approximate surface area is 134 Å². The van der Waals surface area contributed by atoms with Crippen LogP contribution in [0.15, 0.2) is 51.4 Å². The maximum absolute atomic E-state index is 12.4. The number of hydrogen-bond acceptors (Lipinski definition) is 2. The minimum Gasteiger partial charge on any atom is -0.508 e. The lowest BCUT2D eigenvalue weighted by Gasteiger charge is -2.18. The summed E-state index contributed by atoms with van der Waals surface area (Å²) in [5.74, 6) is 0.156. The van der Waals surface area contributed by atoms with Gasteiger partial charge in [-0.05, 0) is 51.8 Å². The van der Waals surface area contributed by atoms with Gasteiger partial charge in [0, 0.05) is 22.5 Å². The molecule has 0 aliphatic carbocycles. The van der Waals surface area contributed by atoms with Crippen molar-refractivity contribution in [2.24, 2.45) is 0 Å². The Hall–Kier alpha value is -1.33. The third-order valence-electron chi connectivity index (χ3n) is 2.86. The Morgan fingerprint density at radius 1 is 1.15 bits per heavy atom. The normalized spacial score (nSPS) is 10.3. The second kappa shape index (κ2) is 6.41. The molecule has 20 heavy (non-hydrogen) atoms. The van der Waals surface area contributed by atoms with Crippen molar-refractivity contribution in [1.82, 2.24) is 4.90 Å². The molecule has 0 saturated heterocycles. The Morgan fingerprint density at radius 2 is 1.80 bits per heavy atom. The summed E-state index contributed by atoms with van der Waals surface area (Å²) in [5, 5.41) is 9.25. The van der Waals surface area contributed by atoms with Crippen molar-refractivity contribution in [1.29, 1.82) is 0 Å². The molecular weight excluding hydrogens is 386 g/mol. The summed E-state index contributed by atoms with van der Waals surface area (Å²) < 4.78 is 1.63. The molecule has 2 aromatic rings. The highest BCUT2D eigenvalue weighted by molar-refractivity contribution is 9.11. The van der Waals surface area contributed by atoms with Gasteiger partial charge in [-0.15, -0.1) is 0 Å². The van der Waals surface area contributed by atoms with Gasteiger partial charge < -0.3 is 10.0 Å². The highest BCUT2D eigenvalue weighted by Gasteiger charge is 2.15. The minimum atomic E-state index is -0.0637. The van der Waals surface area contributed by atoms with Crippen LogP contribution in [0.4, 0.5) is 0 Å². The molecule has 0 spiro atoms. The molecule has 1 N–H and O–H groups in total. The van der Waals surface area contributed by atoms with Gasteiger partial charge in [-0.25, -0.2) is 0 Å². The molecule has 2 rings (SSSR count). The fourth-order valence-corrected chi connectivity index (χ4v) is 2.59. The number of benzene rings is 2. The highest BCUT2D eigenvalue weighted by atomic mass is 79.9. The summed E-state index contributed by atoms with van der Waals surface area (Å²) in [6, 6.07) is 12.3. The number of rotatable bonds is 3. The second-order valence-electron chi connectivity index (χ2n) is 4.45. The molecule has 104 valence electrons. The van der Waals surface area contributed by atoms with Crippen LogP contribution in [-0.4, -0.2) is 23.0 Å². The van der Waals surface area contributed by atoms with Crippen molar-refractivity contribution in [3.8, 4) is 5.75 Å². The predicted molar refractivity (Wildman–Crippen MR) is 85.7 cm³/mol. The van der Waals surface area contributed by atoms with Crippen LogP contribution in [0.2, 0.25) is 0 Å². The van der Waals surface area contributed by atoms with Crippen LogP contribution in [0.5, 0.6) is 5.75 Å². The number of phenols is 1. The Kier molecular flexibility index (Phi) is 4.83. The van der Waals surface area contributed by atoms with Gasteiger partial charge in [0.15, 0.2) is 0 Å². The van der Waals surface area contributed by atoms with Crippen molar-refractivity contribution < 1.29 is 9.90 Å².